The number of sulfonamides is 1. The second-order valence-electron chi connectivity index (χ2n) is 5.33. The van der Waals surface area contributed by atoms with Gasteiger partial charge in [0.05, 0.1) is 4.92 Å². The zero-order chi connectivity index (χ0) is 15.2. The van der Waals surface area contributed by atoms with Gasteiger partial charge in [-0.3, -0.25) is 15.0 Å². The minimum atomic E-state index is -3.76. The third kappa shape index (κ3) is 2.63. The molecule has 2 fully saturated rings. The quantitative estimate of drug-likeness (QED) is 0.620. The van der Waals surface area contributed by atoms with Crippen molar-refractivity contribution in [3.05, 3.63) is 16.2 Å². The van der Waals surface area contributed by atoms with E-state index in [0.29, 0.717) is 0 Å². The van der Waals surface area contributed by atoms with Crippen LogP contribution >= 0.6 is 11.3 Å². The lowest BCUT2D eigenvalue weighted by Gasteiger charge is -2.20. The number of nitrogens with two attached hydrogens (primary N) is 1. The number of thiophene rings is 1. The number of nitrogen functional groups attached to an aromatic ring is 1. The highest BCUT2D eigenvalue weighted by Gasteiger charge is 2.39. The molecular weight excluding hydrogens is 316 g/mol. The molecule has 2 unspecified atom stereocenters. The zero-order valence-electron chi connectivity index (χ0n) is 11.2. The SMILES string of the molecule is Nc1sc(S(=O)(=O)NC2CCN3CCCC23)cc1[N+](=O)[O-]. The van der Waals surface area contributed by atoms with E-state index in [9.17, 15) is 18.5 Å². The lowest BCUT2D eigenvalue weighted by molar-refractivity contribution is -0.383. The Labute approximate surface area is 126 Å². The number of anilines is 1. The van der Waals surface area contributed by atoms with E-state index in [0.717, 1.165) is 49.8 Å². The van der Waals surface area contributed by atoms with Gasteiger partial charge < -0.3 is 5.73 Å². The molecule has 0 saturated carbocycles. The molecule has 2 aliphatic rings. The molecule has 0 amide bonds. The van der Waals surface area contributed by atoms with Gasteiger partial charge in [0.1, 0.15) is 4.21 Å². The first kappa shape index (κ1) is 14.7. The van der Waals surface area contributed by atoms with Crippen LogP contribution in [0.2, 0.25) is 0 Å². The molecular formula is C11H16N4O4S2. The van der Waals surface area contributed by atoms with Gasteiger partial charge in [0.15, 0.2) is 5.00 Å². The molecule has 10 heteroatoms. The van der Waals surface area contributed by atoms with Gasteiger partial charge in [0, 0.05) is 24.7 Å². The first-order valence-corrected chi connectivity index (χ1v) is 8.98. The molecule has 0 radical (unpaired) electrons. The third-order valence-corrected chi connectivity index (χ3v) is 7.01. The Bertz CT molecular complexity index is 672. The van der Waals surface area contributed by atoms with Crippen LogP contribution in [0.4, 0.5) is 10.7 Å². The summed E-state index contributed by atoms with van der Waals surface area (Å²) in [6.07, 6.45) is 2.84. The summed E-state index contributed by atoms with van der Waals surface area (Å²) in [5.74, 6) is 0. The third-order valence-electron chi connectivity index (χ3n) is 4.09. The smallest absolute Gasteiger partial charge is 0.304 e. The number of nitro groups is 1. The van der Waals surface area contributed by atoms with Crippen LogP contribution in [0.5, 0.6) is 0 Å². The number of rotatable bonds is 4. The topological polar surface area (TPSA) is 119 Å². The van der Waals surface area contributed by atoms with E-state index in [1.54, 1.807) is 0 Å². The molecule has 3 N–H and O–H groups in total. The maximum absolute atomic E-state index is 12.4. The Kier molecular flexibility index (Phi) is 3.64. The van der Waals surface area contributed by atoms with Gasteiger partial charge in [-0.1, -0.05) is 11.3 Å². The van der Waals surface area contributed by atoms with Crippen molar-refractivity contribution in [2.24, 2.45) is 0 Å². The fourth-order valence-corrected chi connectivity index (χ4v) is 5.66. The fraction of sp³-hybridized carbons (Fsp3) is 0.636. The van der Waals surface area contributed by atoms with Crippen LogP contribution in [0.3, 0.4) is 0 Å². The maximum atomic E-state index is 12.4. The van der Waals surface area contributed by atoms with Crippen molar-refractivity contribution in [1.82, 2.24) is 9.62 Å². The summed E-state index contributed by atoms with van der Waals surface area (Å²) in [6, 6.07) is 1.15. The van der Waals surface area contributed by atoms with Gasteiger partial charge >= 0.3 is 5.69 Å². The van der Waals surface area contributed by atoms with Gasteiger partial charge in [0.2, 0.25) is 0 Å². The van der Waals surface area contributed by atoms with E-state index in [2.05, 4.69) is 9.62 Å². The van der Waals surface area contributed by atoms with Gasteiger partial charge in [-0.25, -0.2) is 13.1 Å². The molecule has 0 bridgehead atoms. The molecule has 1 aromatic heterocycles. The van der Waals surface area contributed by atoms with E-state index in [4.69, 9.17) is 5.73 Å². The predicted octanol–water partition coefficient (Wildman–Crippen LogP) is 0.754. The second kappa shape index (κ2) is 5.20. The van der Waals surface area contributed by atoms with Crippen molar-refractivity contribution in [2.45, 2.75) is 35.6 Å². The lowest BCUT2D eigenvalue weighted by Crippen LogP contribution is -2.42. The van der Waals surface area contributed by atoms with E-state index in [1.165, 1.54) is 0 Å². The van der Waals surface area contributed by atoms with Gasteiger partial charge in [-0.05, 0) is 25.8 Å². The highest BCUT2D eigenvalue weighted by Crippen LogP contribution is 2.35. The molecule has 3 rings (SSSR count). The molecule has 0 aromatic carbocycles. The highest BCUT2D eigenvalue weighted by atomic mass is 32.2. The van der Waals surface area contributed by atoms with Gasteiger partial charge in [-0.2, -0.15) is 0 Å². The molecule has 0 spiro atoms. The summed E-state index contributed by atoms with van der Waals surface area (Å²) in [7, 11) is -3.76. The monoisotopic (exact) mass is 332 g/mol. The predicted molar refractivity (Wildman–Crippen MR) is 78.7 cm³/mol. The van der Waals surface area contributed by atoms with Crippen molar-refractivity contribution in [2.75, 3.05) is 18.8 Å². The highest BCUT2D eigenvalue weighted by molar-refractivity contribution is 7.91. The summed E-state index contributed by atoms with van der Waals surface area (Å²) >= 11 is 0.730. The summed E-state index contributed by atoms with van der Waals surface area (Å²) in [4.78, 5) is 12.4. The van der Waals surface area contributed by atoms with Crippen LogP contribution in [0.15, 0.2) is 10.3 Å². The summed E-state index contributed by atoms with van der Waals surface area (Å²) in [5, 5.41) is 10.7. The van der Waals surface area contributed by atoms with Crippen LogP contribution in [0.25, 0.3) is 0 Å². The Balaban J connectivity index is 1.81. The first-order valence-electron chi connectivity index (χ1n) is 6.68. The fourth-order valence-electron chi connectivity index (χ4n) is 3.13. The first-order chi connectivity index (χ1) is 9.88. The summed E-state index contributed by atoms with van der Waals surface area (Å²) in [5.41, 5.74) is 5.16. The number of fused-ring (bicyclic) bond motifs is 1. The van der Waals surface area contributed by atoms with Gasteiger partial charge in [-0.15, -0.1) is 0 Å². The second-order valence-corrected chi connectivity index (χ2v) is 8.36. The average Bonchev–Trinajstić information content (AvgIpc) is 3.05. The molecule has 21 heavy (non-hydrogen) atoms. The molecule has 3 heterocycles. The Morgan fingerprint density at radius 3 is 2.86 bits per heavy atom. The van der Waals surface area contributed by atoms with Crippen molar-refractivity contribution < 1.29 is 13.3 Å². The van der Waals surface area contributed by atoms with E-state index in [1.807, 2.05) is 0 Å². The van der Waals surface area contributed by atoms with Crippen LogP contribution in [0.1, 0.15) is 19.3 Å². The number of hydrogen-bond donors (Lipinski definition) is 2. The standard InChI is InChI=1S/C11H16N4O4S2/c12-11-9(15(16)17)6-10(20-11)21(18,19)13-7-3-5-14-4-1-2-8(7)14/h6-8,13H,1-5,12H2. The number of nitrogens with one attached hydrogen (secondary N) is 1. The molecule has 2 atom stereocenters. The lowest BCUT2D eigenvalue weighted by atomic mass is 10.1. The molecule has 2 aliphatic heterocycles. The normalized spacial score (nSPS) is 26.1. The number of nitrogens with zero attached hydrogens (tertiary/aromatic N) is 2. The maximum Gasteiger partial charge on any atom is 0.304 e. The average molecular weight is 332 g/mol. The Morgan fingerprint density at radius 2 is 2.19 bits per heavy atom. The van der Waals surface area contributed by atoms with E-state index < -0.39 is 14.9 Å². The molecule has 116 valence electrons. The Morgan fingerprint density at radius 1 is 1.43 bits per heavy atom. The molecule has 0 aliphatic carbocycles. The molecule has 8 nitrogen and oxygen atoms in total. The van der Waals surface area contributed by atoms with Crippen molar-refractivity contribution in [1.29, 1.82) is 0 Å². The largest absolute Gasteiger partial charge is 0.385 e. The number of hydrogen-bond acceptors (Lipinski definition) is 7. The summed E-state index contributed by atoms with van der Waals surface area (Å²) < 4.78 is 27.3. The Hall–Kier alpha value is -1.23. The molecule has 1 aromatic rings. The molecule has 2 saturated heterocycles. The minimum Gasteiger partial charge on any atom is -0.385 e. The van der Waals surface area contributed by atoms with Crippen LogP contribution in [0, 0.1) is 10.1 Å². The minimum absolute atomic E-state index is 0.0886. The van der Waals surface area contributed by atoms with Crippen LogP contribution in [-0.4, -0.2) is 43.4 Å². The zero-order valence-corrected chi connectivity index (χ0v) is 12.8. The van der Waals surface area contributed by atoms with Crippen molar-refractivity contribution in [3.8, 4) is 0 Å². The van der Waals surface area contributed by atoms with Crippen molar-refractivity contribution >= 4 is 32.0 Å². The summed E-state index contributed by atoms with van der Waals surface area (Å²) in [6.45, 7) is 1.91. The van der Waals surface area contributed by atoms with Crippen LogP contribution < -0.4 is 10.5 Å². The van der Waals surface area contributed by atoms with E-state index in [-0.39, 0.29) is 27.0 Å². The van der Waals surface area contributed by atoms with Gasteiger partial charge in [0.25, 0.3) is 10.0 Å². The van der Waals surface area contributed by atoms with Crippen LogP contribution in [-0.2, 0) is 10.0 Å². The van der Waals surface area contributed by atoms with Crippen molar-refractivity contribution in [3.63, 3.8) is 0 Å². The van der Waals surface area contributed by atoms with E-state index >= 15 is 0 Å².